The van der Waals surface area contributed by atoms with E-state index >= 15 is 0 Å². The van der Waals surface area contributed by atoms with Crippen LogP contribution in [0.15, 0.2) is 54.1 Å². The lowest BCUT2D eigenvalue weighted by Gasteiger charge is -2.23. The SMILES string of the molecule is CC1(C)OC(=C2C(=O)Nc3cc(F)ccc32)C=C1NC(=O)c1ccc(F)nc1. The van der Waals surface area contributed by atoms with E-state index in [4.69, 9.17) is 4.74 Å². The number of ether oxygens (including phenoxy) is 1. The van der Waals surface area contributed by atoms with Crippen LogP contribution in [0.25, 0.3) is 5.57 Å². The van der Waals surface area contributed by atoms with Crippen LogP contribution in [0.2, 0.25) is 0 Å². The van der Waals surface area contributed by atoms with Crippen molar-refractivity contribution in [2.45, 2.75) is 19.4 Å². The normalized spacial score (nSPS) is 19.6. The molecule has 1 aromatic carbocycles. The minimum Gasteiger partial charge on any atom is -0.481 e. The second kappa shape index (κ2) is 6.26. The van der Waals surface area contributed by atoms with Crippen molar-refractivity contribution in [3.63, 3.8) is 0 Å². The van der Waals surface area contributed by atoms with E-state index in [9.17, 15) is 18.4 Å². The summed E-state index contributed by atoms with van der Waals surface area (Å²) in [6.07, 6.45) is 2.69. The van der Waals surface area contributed by atoms with E-state index in [1.165, 1.54) is 24.3 Å². The molecule has 2 aromatic rings. The van der Waals surface area contributed by atoms with Crippen LogP contribution in [-0.2, 0) is 9.53 Å². The minimum absolute atomic E-state index is 0.179. The first kappa shape index (κ1) is 17.8. The molecule has 1 aromatic heterocycles. The molecule has 2 amide bonds. The number of allylic oxidation sites excluding steroid dienone is 1. The first-order valence-corrected chi connectivity index (χ1v) is 8.44. The molecule has 0 atom stereocenters. The lowest BCUT2D eigenvalue weighted by atomic mass is 10.0. The van der Waals surface area contributed by atoms with Gasteiger partial charge in [0.1, 0.15) is 17.2 Å². The Balaban J connectivity index is 1.69. The summed E-state index contributed by atoms with van der Waals surface area (Å²) in [7, 11) is 0. The van der Waals surface area contributed by atoms with Crippen molar-refractivity contribution in [1.29, 1.82) is 0 Å². The van der Waals surface area contributed by atoms with Crippen molar-refractivity contribution in [3.05, 3.63) is 77.0 Å². The van der Waals surface area contributed by atoms with E-state index in [2.05, 4.69) is 15.6 Å². The largest absolute Gasteiger partial charge is 0.481 e. The molecule has 4 rings (SSSR count). The third-order valence-electron chi connectivity index (χ3n) is 4.50. The molecule has 0 bridgehead atoms. The summed E-state index contributed by atoms with van der Waals surface area (Å²) < 4.78 is 32.3. The molecule has 0 saturated heterocycles. The van der Waals surface area contributed by atoms with Crippen LogP contribution >= 0.6 is 0 Å². The fraction of sp³-hybridized carbons (Fsp3) is 0.150. The summed E-state index contributed by atoms with van der Waals surface area (Å²) in [4.78, 5) is 28.3. The van der Waals surface area contributed by atoms with Gasteiger partial charge in [0.15, 0.2) is 0 Å². The van der Waals surface area contributed by atoms with E-state index in [1.54, 1.807) is 19.9 Å². The maximum absolute atomic E-state index is 13.4. The lowest BCUT2D eigenvalue weighted by molar-refractivity contribution is -0.111. The van der Waals surface area contributed by atoms with Gasteiger partial charge in [0.25, 0.3) is 11.8 Å². The molecule has 2 aliphatic rings. The van der Waals surface area contributed by atoms with E-state index < -0.39 is 29.2 Å². The second-order valence-electron chi connectivity index (χ2n) is 6.88. The van der Waals surface area contributed by atoms with Gasteiger partial charge in [-0.05, 0) is 44.2 Å². The predicted octanol–water partition coefficient (Wildman–Crippen LogP) is 3.15. The Morgan fingerprint density at radius 3 is 2.71 bits per heavy atom. The van der Waals surface area contributed by atoms with Crippen molar-refractivity contribution < 1.29 is 23.1 Å². The van der Waals surface area contributed by atoms with Gasteiger partial charge in [-0.1, -0.05) is 0 Å². The van der Waals surface area contributed by atoms with Crippen molar-refractivity contribution in [2.75, 3.05) is 5.32 Å². The quantitative estimate of drug-likeness (QED) is 0.617. The maximum atomic E-state index is 13.4. The van der Waals surface area contributed by atoms with Crippen LogP contribution in [0.5, 0.6) is 0 Å². The fourth-order valence-electron chi connectivity index (χ4n) is 3.07. The molecule has 0 radical (unpaired) electrons. The van der Waals surface area contributed by atoms with Gasteiger partial charge in [-0.2, -0.15) is 4.39 Å². The Hall–Kier alpha value is -3.55. The molecule has 0 saturated carbocycles. The number of halogens is 2. The number of anilines is 1. The lowest BCUT2D eigenvalue weighted by Crippen LogP contribution is -2.34. The molecule has 3 heterocycles. The van der Waals surface area contributed by atoms with Gasteiger partial charge in [0.2, 0.25) is 5.95 Å². The van der Waals surface area contributed by atoms with Crippen LogP contribution in [0.1, 0.15) is 29.8 Å². The maximum Gasteiger partial charge on any atom is 0.260 e. The predicted molar refractivity (Wildman–Crippen MR) is 96.9 cm³/mol. The minimum atomic E-state index is -0.922. The first-order chi connectivity index (χ1) is 13.2. The number of rotatable bonds is 2. The van der Waals surface area contributed by atoms with E-state index in [1.807, 2.05) is 0 Å². The number of hydrogen-bond donors (Lipinski definition) is 2. The number of carbonyl (C=O) groups is 2. The van der Waals surface area contributed by atoms with Crippen molar-refractivity contribution in [1.82, 2.24) is 10.3 Å². The molecule has 0 aliphatic carbocycles. The number of pyridine rings is 1. The zero-order valence-electron chi connectivity index (χ0n) is 15.0. The zero-order chi connectivity index (χ0) is 20.1. The Morgan fingerprint density at radius 1 is 1.21 bits per heavy atom. The Bertz CT molecular complexity index is 1070. The molecule has 8 heteroatoms. The van der Waals surface area contributed by atoms with Gasteiger partial charge in [0.05, 0.1) is 22.5 Å². The number of hydrogen-bond acceptors (Lipinski definition) is 4. The Labute approximate surface area is 158 Å². The molecule has 0 spiro atoms. The van der Waals surface area contributed by atoms with Gasteiger partial charge in [-0.3, -0.25) is 9.59 Å². The summed E-state index contributed by atoms with van der Waals surface area (Å²) in [6.45, 7) is 3.46. The third kappa shape index (κ3) is 3.02. The Kier molecular flexibility index (Phi) is 3.99. The third-order valence-corrected chi connectivity index (χ3v) is 4.50. The van der Waals surface area contributed by atoms with Crippen LogP contribution in [0.3, 0.4) is 0 Å². The summed E-state index contributed by atoms with van der Waals surface area (Å²) in [5.74, 6) is -1.79. The number of nitrogens with zero attached hydrogens (tertiary/aromatic N) is 1. The highest BCUT2D eigenvalue weighted by molar-refractivity contribution is 6.32. The van der Waals surface area contributed by atoms with E-state index in [0.717, 1.165) is 12.3 Å². The van der Waals surface area contributed by atoms with Gasteiger partial charge in [0, 0.05) is 17.8 Å². The summed E-state index contributed by atoms with van der Waals surface area (Å²) in [6, 6.07) is 6.39. The summed E-state index contributed by atoms with van der Waals surface area (Å²) in [5, 5.41) is 5.32. The fourth-order valence-corrected chi connectivity index (χ4v) is 3.07. The van der Waals surface area contributed by atoms with Crippen LogP contribution in [0.4, 0.5) is 14.5 Å². The number of aromatic nitrogens is 1. The number of carbonyl (C=O) groups excluding carboxylic acids is 2. The van der Waals surface area contributed by atoms with Gasteiger partial charge >= 0.3 is 0 Å². The van der Waals surface area contributed by atoms with Crippen molar-refractivity contribution >= 4 is 23.1 Å². The molecule has 2 aliphatic heterocycles. The molecule has 142 valence electrons. The first-order valence-electron chi connectivity index (χ1n) is 8.44. The van der Waals surface area contributed by atoms with E-state index in [-0.39, 0.29) is 16.9 Å². The molecule has 2 N–H and O–H groups in total. The number of benzene rings is 1. The molecular weight excluding hydrogens is 368 g/mol. The molecule has 6 nitrogen and oxygen atoms in total. The Morgan fingerprint density at radius 2 is 2.00 bits per heavy atom. The molecule has 0 fully saturated rings. The van der Waals surface area contributed by atoms with Gasteiger partial charge < -0.3 is 15.4 Å². The van der Waals surface area contributed by atoms with Crippen molar-refractivity contribution in [2.24, 2.45) is 0 Å². The van der Waals surface area contributed by atoms with Gasteiger partial charge in [-0.15, -0.1) is 0 Å². The summed E-state index contributed by atoms with van der Waals surface area (Å²) >= 11 is 0. The number of amides is 2. The van der Waals surface area contributed by atoms with Gasteiger partial charge in [-0.25, -0.2) is 9.37 Å². The average Bonchev–Trinajstić information content (AvgIpc) is 3.10. The summed E-state index contributed by atoms with van der Waals surface area (Å²) in [5.41, 5.74) is 0.817. The number of fused-ring (bicyclic) bond motifs is 1. The monoisotopic (exact) mass is 383 g/mol. The molecule has 28 heavy (non-hydrogen) atoms. The number of nitrogens with one attached hydrogen (secondary N) is 2. The highest BCUT2D eigenvalue weighted by Gasteiger charge is 2.38. The van der Waals surface area contributed by atoms with Crippen molar-refractivity contribution in [3.8, 4) is 0 Å². The molecule has 0 unspecified atom stereocenters. The topological polar surface area (TPSA) is 80.3 Å². The van der Waals surface area contributed by atoms with E-state index in [0.29, 0.717) is 16.9 Å². The smallest absolute Gasteiger partial charge is 0.260 e. The second-order valence-corrected chi connectivity index (χ2v) is 6.88. The standard InChI is InChI=1S/C20H15F2N3O3/c1-20(2)15(25-18(26)10-3-6-16(22)23-9-10)8-14(28-20)17-12-5-4-11(21)7-13(12)24-19(17)27/h3-9H,1-2H3,(H,24,27)(H,25,26). The van der Waals surface area contributed by atoms with Crippen LogP contribution < -0.4 is 10.6 Å². The highest BCUT2D eigenvalue weighted by Crippen LogP contribution is 2.40. The zero-order valence-corrected chi connectivity index (χ0v) is 15.0. The highest BCUT2D eigenvalue weighted by atomic mass is 19.1. The molecular formula is C20H15F2N3O3. The van der Waals surface area contributed by atoms with Crippen LogP contribution in [-0.4, -0.2) is 22.4 Å². The van der Waals surface area contributed by atoms with Crippen LogP contribution in [0, 0.1) is 11.8 Å². The average molecular weight is 383 g/mol.